The number of carbonyl (C=O) groups is 1. The van der Waals surface area contributed by atoms with Crippen LogP contribution in [0.25, 0.3) is 0 Å². The van der Waals surface area contributed by atoms with E-state index in [2.05, 4.69) is 10.7 Å². The number of carbonyl (C=O) groups excluding carboxylic acids is 1. The number of aryl methyl sites for hydroxylation is 1. The molecule has 0 bridgehead atoms. The van der Waals surface area contributed by atoms with Gasteiger partial charge in [-0.2, -0.15) is 23.1 Å². The van der Waals surface area contributed by atoms with Crippen molar-refractivity contribution < 1.29 is 9.90 Å². The Bertz CT molecular complexity index is 323. The zero-order chi connectivity index (χ0) is 12.7. The molecule has 3 nitrogen and oxygen atoms in total. The Morgan fingerprint density at radius 2 is 2.41 bits per heavy atom. The fourth-order valence-corrected chi connectivity index (χ4v) is 2.88. The van der Waals surface area contributed by atoms with E-state index in [0.29, 0.717) is 6.42 Å². The molecule has 1 aromatic heterocycles. The van der Waals surface area contributed by atoms with Gasteiger partial charge in [-0.05, 0) is 42.0 Å². The molecule has 0 saturated heterocycles. The maximum absolute atomic E-state index is 11.7. The average Bonchev–Trinajstić information content (AvgIpc) is 2.81. The Morgan fingerprint density at radius 3 is 2.94 bits per heavy atom. The van der Waals surface area contributed by atoms with Crippen molar-refractivity contribution >= 4 is 29.0 Å². The number of hydrogen-bond donors (Lipinski definition) is 2. The summed E-state index contributed by atoms with van der Waals surface area (Å²) < 4.78 is 0. The van der Waals surface area contributed by atoms with E-state index in [0.717, 1.165) is 6.42 Å². The number of amides is 1. The van der Waals surface area contributed by atoms with Gasteiger partial charge >= 0.3 is 0 Å². The summed E-state index contributed by atoms with van der Waals surface area (Å²) >= 11 is 3.22. The fourth-order valence-electron chi connectivity index (χ4n) is 1.55. The minimum atomic E-state index is 0.00461. The highest BCUT2D eigenvalue weighted by Gasteiger charge is 2.16. The van der Waals surface area contributed by atoms with Crippen LogP contribution in [0.3, 0.4) is 0 Å². The van der Waals surface area contributed by atoms with Crippen molar-refractivity contribution in [2.24, 2.45) is 0 Å². The Kier molecular flexibility index (Phi) is 6.62. The molecule has 5 heteroatoms. The summed E-state index contributed by atoms with van der Waals surface area (Å²) in [6, 6.07) is 2.05. The lowest BCUT2D eigenvalue weighted by molar-refractivity contribution is -0.121. The van der Waals surface area contributed by atoms with Gasteiger partial charge in [-0.25, -0.2) is 0 Å². The molecule has 96 valence electrons. The first-order chi connectivity index (χ1) is 8.17. The van der Waals surface area contributed by atoms with Crippen molar-refractivity contribution in [2.75, 3.05) is 12.9 Å². The zero-order valence-corrected chi connectivity index (χ0v) is 11.8. The highest BCUT2D eigenvalue weighted by atomic mass is 32.2. The van der Waals surface area contributed by atoms with Crippen LogP contribution < -0.4 is 5.32 Å². The van der Waals surface area contributed by atoms with Crippen molar-refractivity contribution in [3.63, 3.8) is 0 Å². The SMILES string of the molecule is CS[C@H](CO)[C@H](C)NC(=O)CCc1ccsc1. The second-order valence-electron chi connectivity index (χ2n) is 3.94. The van der Waals surface area contributed by atoms with Crippen LogP contribution in [-0.4, -0.2) is 35.2 Å². The lowest BCUT2D eigenvalue weighted by Gasteiger charge is -2.21. The van der Waals surface area contributed by atoms with Gasteiger partial charge in [-0.1, -0.05) is 0 Å². The van der Waals surface area contributed by atoms with E-state index < -0.39 is 0 Å². The molecule has 0 aromatic carbocycles. The molecule has 1 amide bonds. The molecule has 0 unspecified atom stereocenters. The minimum absolute atomic E-state index is 0.00461. The van der Waals surface area contributed by atoms with E-state index in [1.807, 2.05) is 24.6 Å². The molecule has 1 rings (SSSR count). The van der Waals surface area contributed by atoms with Gasteiger partial charge in [0.25, 0.3) is 0 Å². The fraction of sp³-hybridized carbons (Fsp3) is 0.583. The molecular formula is C12H19NO2S2. The molecule has 1 heterocycles. The summed E-state index contributed by atoms with van der Waals surface area (Å²) in [7, 11) is 0. The second-order valence-corrected chi connectivity index (χ2v) is 5.80. The molecule has 17 heavy (non-hydrogen) atoms. The van der Waals surface area contributed by atoms with E-state index in [1.54, 1.807) is 23.1 Å². The van der Waals surface area contributed by atoms with Gasteiger partial charge in [0.1, 0.15) is 0 Å². The van der Waals surface area contributed by atoms with Crippen LogP contribution in [0.2, 0.25) is 0 Å². The van der Waals surface area contributed by atoms with E-state index >= 15 is 0 Å². The first-order valence-corrected chi connectivity index (χ1v) is 7.84. The topological polar surface area (TPSA) is 49.3 Å². The molecule has 2 atom stereocenters. The molecule has 0 aliphatic heterocycles. The number of thioether (sulfide) groups is 1. The highest BCUT2D eigenvalue weighted by Crippen LogP contribution is 2.11. The number of hydrogen-bond acceptors (Lipinski definition) is 4. The van der Waals surface area contributed by atoms with E-state index in [-0.39, 0.29) is 23.8 Å². The third-order valence-corrected chi connectivity index (χ3v) is 4.54. The molecule has 0 aliphatic carbocycles. The molecule has 0 spiro atoms. The standard InChI is InChI=1S/C12H19NO2S2/c1-9(11(7-14)16-2)13-12(15)4-3-10-5-6-17-8-10/h5-6,8-9,11,14H,3-4,7H2,1-2H3,(H,13,15)/t9-,11+/m0/s1. The summed E-state index contributed by atoms with van der Waals surface area (Å²) in [6.45, 7) is 2.02. The lowest BCUT2D eigenvalue weighted by atomic mass is 10.1. The Labute approximate surface area is 111 Å². The third-order valence-electron chi connectivity index (χ3n) is 2.65. The van der Waals surface area contributed by atoms with Gasteiger partial charge in [0.15, 0.2) is 0 Å². The van der Waals surface area contributed by atoms with Crippen LogP contribution in [-0.2, 0) is 11.2 Å². The van der Waals surface area contributed by atoms with Crippen molar-refractivity contribution in [1.29, 1.82) is 0 Å². The van der Waals surface area contributed by atoms with E-state index in [9.17, 15) is 4.79 Å². The first-order valence-electron chi connectivity index (χ1n) is 5.61. The van der Waals surface area contributed by atoms with Crippen LogP contribution in [0.15, 0.2) is 16.8 Å². The normalized spacial score (nSPS) is 14.3. The van der Waals surface area contributed by atoms with Crippen molar-refractivity contribution in [2.45, 2.75) is 31.1 Å². The van der Waals surface area contributed by atoms with E-state index in [1.165, 1.54) is 5.56 Å². The summed E-state index contributed by atoms with van der Waals surface area (Å²) in [6.07, 6.45) is 3.23. The predicted molar refractivity (Wildman–Crippen MR) is 74.6 cm³/mol. The second kappa shape index (κ2) is 7.74. The van der Waals surface area contributed by atoms with Crippen LogP contribution >= 0.6 is 23.1 Å². The van der Waals surface area contributed by atoms with Crippen LogP contribution in [0, 0.1) is 0 Å². The number of nitrogens with one attached hydrogen (secondary N) is 1. The molecule has 0 radical (unpaired) electrons. The molecule has 0 fully saturated rings. The Hall–Kier alpha value is -0.520. The summed E-state index contributed by atoms with van der Waals surface area (Å²) in [4.78, 5) is 11.7. The third kappa shape index (κ3) is 5.10. The number of thiophene rings is 1. The van der Waals surface area contributed by atoms with Gasteiger partial charge in [-0.3, -0.25) is 4.79 Å². The highest BCUT2D eigenvalue weighted by molar-refractivity contribution is 7.99. The smallest absolute Gasteiger partial charge is 0.220 e. The maximum atomic E-state index is 11.7. The van der Waals surface area contributed by atoms with Gasteiger partial charge in [0.05, 0.1) is 6.61 Å². The van der Waals surface area contributed by atoms with E-state index in [4.69, 9.17) is 5.11 Å². The van der Waals surface area contributed by atoms with Gasteiger partial charge in [-0.15, -0.1) is 0 Å². The molecule has 0 saturated carbocycles. The van der Waals surface area contributed by atoms with Gasteiger partial charge in [0.2, 0.25) is 5.91 Å². The maximum Gasteiger partial charge on any atom is 0.220 e. The number of aliphatic hydroxyl groups excluding tert-OH is 1. The Balaban J connectivity index is 2.29. The Morgan fingerprint density at radius 1 is 1.65 bits per heavy atom. The zero-order valence-electron chi connectivity index (χ0n) is 10.2. The lowest BCUT2D eigenvalue weighted by Crippen LogP contribution is -2.41. The predicted octanol–water partition coefficient (Wildman–Crippen LogP) is 1.91. The monoisotopic (exact) mass is 273 g/mol. The van der Waals surface area contributed by atoms with Crippen molar-refractivity contribution in [1.82, 2.24) is 5.32 Å². The quantitative estimate of drug-likeness (QED) is 0.798. The van der Waals surface area contributed by atoms with Crippen LogP contribution in [0.1, 0.15) is 18.9 Å². The minimum Gasteiger partial charge on any atom is -0.395 e. The summed E-state index contributed by atoms with van der Waals surface area (Å²) in [5.41, 5.74) is 1.21. The van der Waals surface area contributed by atoms with Crippen LogP contribution in [0.4, 0.5) is 0 Å². The number of rotatable bonds is 7. The molecule has 2 N–H and O–H groups in total. The number of aliphatic hydroxyl groups is 1. The molecule has 1 aromatic rings. The van der Waals surface area contributed by atoms with Gasteiger partial charge in [0, 0.05) is 17.7 Å². The summed E-state index contributed by atoms with van der Waals surface area (Å²) in [5.74, 6) is 0.0520. The summed E-state index contributed by atoms with van der Waals surface area (Å²) in [5, 5.41) is 16.2. The van der Waals surface area contributed by atoms with Crippen molar-refractivity contribution in [3.05, 3.63) is 22.4 Å². The first kappa shape index (κ1) is 14.5. The molecule has 0 aliphatic rings. The van der Waals surface area contributed by atoms with Gasteiger partial charge < -0.3 is 10.4 Å². The largest absolute Gasteiger partial charge is 0.395 e. The average molecular weight is 273 g/mol. The van der Waals surface area contributed by atoms with Crippen molar-refractivity contribution in [3.8, 4) is 0 Å². The molecular weight excluding hydrogens is 254 g/mol. The van der Waals surface area contributed by atoms with Crippen LogP contribution in [0.5, 0.6) is 0 Å².